The van der Waals surface area contributed by atoms with Gasteiger partial charge in [0.05, 0.1) is 11.6 Å². The van der Waals surface area contributed by atoms with Crippen molar-refractivity contribution in [3.63, 3.8) is 0 Å². The summed E-state index contributed by atoms with van der Waals surface area (Å²) in [6.07, 6.45) is 7.58. The molecule has 18 heavy (non-hydrogen) atoms. The summed E-state index contributed by atoms with van der Waals surface area (Å²) in [5.41, 5.74) is 3.24. The first-order valence-electron chi connectivity index (χ1n) is 6.94. The molecule has 0 bridgehead atoms. The Kier molecular flexibility index (Phi) is 4.78. The second kappa shape index (κ2) is 6.56. The number of benzene rings is 1. The molecule has 0 aromatic heterocycles. The van der Waals surface area contributed by atoms with Crippen molar-refractivity contribution in [1.82, 2.24) is 0 Å². The van der Waals surface area contributed by atoms with Gasteiger partial charge in [-0.3, -0.25) is 0 Å². The van der Waals surface area contributed by atoms with Crippen molar-refractivity contribution in [3.05, 3.63) is 48.0 Å². The lowest BCUT2D eigenvalue weighted by atomic mass is 9.83. The zero-order valence-corrected chi connectivity index (χ0v) is 12.4. The molecular weight excluding hydrogens is 234 g/mol. The third kappa shape index (κ3) is 3.33. The lowest BCUT2D eigenvalue weighted by Crippen LogP contribution is -2.13. The maximum Gasteiger partial charge on any atom is 0.0991 e. The number of rotatable bonds is 4. The highest BCUT2D eigenvalue weighted by atomic mass is 28.2. The molecule has 0 aliphatic heterocycles. The van der Waals surface area contributed by atoms with Gasteiger partial charge in [0.2, 0.25) is 0 Å². The minimum absolute atomic E-state index is 0.0917. The van der Waals surface area contributed by atoms with Crippen LogP contribution in [-0.2, 0) is 0 Å². The van der Waals surface area contributed by atoms with Crippen LogP contribution in [0.5, 0.6) is 0 Å². The average molecular weight is 255 g/mol. The SMILES string of the molecule is C=CC[SiH2][C@H]1CC[C@H](c2ccc(C#N)cc2)CC1. The highest BCUT2D eigenvalue weighted by Crippen LogP contribution is 2.38. The molecule has 1 aromatic carbocycles. The predicted octanol–water partition coefficient (Wildman–Crippen LogP) is 3.78. The molecule has 1 nitrogen and oxygen atoms in total. The van der Waals surface area contributed by atoms with E-state index in [9.17, 15) is 0 Å². The molecule has 1 saturated carbocycles. The van der Waals surface area contributed by atoms with Crippen LogP contribution in [0.3, 0.4) is 0 Å². The van der Waals surface area contributed by atoms with Gasteiger partial charge < -0.3 is 0 Å². The molecule has 2 rings (SSSR count). The Balaban J connectivity index is 1.88. The van der Waals surface area contributed by atoms with E-state index in [-0.39, 0.29) is 9.52 Å². The summed E-state index contributed by atoms with van der Waals surface area (Å²) in [4.78, 5) is 0. The smallest absolute Gasteiger partial charge is 0.0991 e. The van der Waals surface area contributed by atoms with E-state index in [1.54, 1.807) is 0 Å². The van der Waals surface area contributed by atoms with E-state index in [1.807, 2.05) is 12.1 Å². The summed E-state index contributed by atoms with van der Waals surface area (Å²) in [6.45, 7) is 3.83. The number of allylic oxidation sites excluding steroid dienone is 1. The quantitative estimate of drug-likeness (QED) is 0.593. The maximum absolute atomic E-state index is 8.80. The Morgan fingerprint density at radius 1 is 1.22 bits per heavy atom. The fourth-order valence-electron chi connectivity index (χ4n) is 2.97. The molecule has 1 fully saturated rings. The summed E-state index contributed by atoms with van der Waals surface area (Å²) in [6, 6.07) is 11.7. The van der Waals surface area contributed by atoms with Crippen molar-refractivity contribution in [3.8, 4) is 6.07 Å². The van der Waals surface area contributed by atoms with E-state index in [0.717, 1.165) is 17.0 Å². The van der Waals surface area contributed by atoms with Crippen molar-refractivity contribution < 1.29 is 0 Å². The fraction of sp³-hybridized carbons (Fsp3) is 0.438. The Hall–Kier alpha value is -1.33. The molecule has 94 valence electrons. The van der Waals surface area contributed by atoms with Gasteiger partial charge in [0.15, 0.2) is 0 Å². The fourth-order valence-corrected chi connectivity index (χ4v) is 4.72. The molecule has 0 spiro atoms. The lowest BCUT2D eigenvalue weighted by Gasteiger charge is -2.28. The highest BCUT2D eigenvalue weighted by Gasteiger charge is 2.21. The third-order valence-electron chi connectivity index (χ3n) is 4.14. The Labute approximate surface area is 112 Å². The molecule has 2 heteroatoms. The van der Waals surface area contributed by atoms with Crippen LogP contribution >= 0.6 is 0 Å². The first kappa shape index (κ1) is 13.1. The molecule has 0 N–H and O–H groups in total. The van der Waals surface area contributed by atoms with Crippen LogP contribution in [0.15, 0.2) is 36.9 Å². The standard InChI is InChI=1S/C16H21NSi/c1-2-11-18-16-9-7-15(8-10-16)14-5-3-13(12-17)4-6-14/h2-6,15-16H,1,7-11,18H2/t15-,16-. The third-order valence-corrected chi connectivity index (χ3v) is 6.51. The van der Waals surface area contributed by atoms with Crippen molar-refractivity contribution in [2.24, 2.45) is 0 Å². The largest absolute Gasteiger partial charge is 0.192 e. The van der Waals surface area contributed by atoms with Gasteiger partial charge in [-0.15, -0.1) is 6.58 Å². The molecule has 0 amide bonds. The molecule has 1 aliphatic rings. The first-order chi connectivity index (χ1) is 8.83. The van der Waals surface area contributed by atoms with Crippen LogP contribution in [0.1, 0.15) is 42.7 Å². The Morgan fingerprint density at radius 2 is 1.89 bits per heavy atom. The van der Waals surface area contributed by atoms with Crippen molar-refractivity contribution in [2.75, 3.05) is 0 Å². The van der Waals surface area contributed by atoms with Crippen LogP contribution in [0.4, 0.5) is 0 Å². The van der Waals surface area contributed by atoms with Gasteiger partial charge in [-0.05, 0) is 42.5 Å². The lowest BCUT2D eigenvalue weighted by molar-refractivity contribution is 0.441. The summed E-state index contributed by atoms with van der Waals surface area (Å²) < 4.78 is 0. The molecular formula is C16H21NSi. The van der Waals surface area contributed by atoms with Gasteiger partial charge >= 0.3 is 0 Å². The first-order valence-corrected chi connectivity index (χ1v) is 8.76. The Morgan fingerprint density at radius 3 is 2.44 bits per heavy atom. The van der Waals surface area contributed by atoms with Gasteiger partial charge in [-0.25, -0.2) is 0 Å². The average Bonchev–Trinajstić information content (AvgIpc) is 2.46. The molecule has 1 aliphatic carbocycles. The maximum atomic E-state index is 8.80. The van der Waals surface area contributed by atoms with Crippen molar-refractivity contribution in [1.29, 1.82) is 5.26 Å². The van der Waals surface area contributed by atoms with Crippen LogP contribution in [-0.4, -0.2) is 9.52 Å². The molecule has 0 atom stereocenters. The zero-order chi connectivity index (χ0) is 12.8. The number of nitrogens with zero attached hydrogens (tertiary/aromatic N) is 1. The topological polar surface area (TPSA) is 23.8 Å². The predicted molar refractivity (Wildman–Crippen MR) is 79.7 cm³/mol. The van der Waals surface area contributed by atoms with Gasteiger partial charge in [-0.2, -0.15) is 5.26 Å². The molecule has 1 aromatic rings. The summed E-state index contributed by atoms with van der Waals surface area (Å²) in [7, 11) is 0.0917. The van der Waals surface area contributed by atoms with E-state index in [0.29, 0.717) is 0 Å². The highest BCUT2D eigenvalue weighted by molar-refractivity contribution is 6.38. The van der Waals surface area contributed by atoms with Crippen LogP contribution in [0.25, 0.3) is 0 Å². The number of hydrogen-bond donors (Lipinski definition) is 0. The van der Waals surface area contributed by atoms with E-state index >= 15 is 0 Å². The van der Waals surface area contributed by atoms with E-state index in [1.165, 1.54) is 37.3 Å². The molecule has 0 heterocycles. The summed E-state index contributed by atoms with van der Waals surface area (Å²) in [5.74, 6) is 0.728. The number of nitriles is 1. The van der Waals surface area contributed by atoms with Gasteiger partial charge in [0.25, 0.3) is 0 Å². The summed E-state index contributed by atoms with van der Waals surface area (Å²) in [5, 5.41) is 8.80. The van der Waals surface area contributed by atoms with Crippen molar-refractivity contribution in [2.45, 2.75) is 43.2 Å². The molecule has 0 unspecified atom stereocenters. The van der Waals surface area contributed by atoms with Crippen LogP contribution in [0, 0.1) is 11.3 Å². The second-order valence-electron chi connectivity index (χ2n) is 5.32. The van der Waals surface area contributed by atoms with E-state index in [2.05, 4.69) is 30.9 Å². The second-order valence-corrected chi connectivity index (χ2v) is 7.63. The minimum atomic E-state index is 0.0917. The van der Waals surface area contributed by atoms with Gasteiger partial charge in [0, 0.05) is 9.52 Å². The molecule has 0 radical (unpaired) electrons. The van der Waals surface area contributed by atoms with E-state index in [4.69, 9.17) is 5.26 Å². The van der Waals surface area contributed by atoms with Crippen molar-refractivity contribution >= 4 is 9.52 Å². The van der Waals surface area contributed by atoms with Crippen LogP contribution < -0.4 is 0 Å². The normalized spacial score (nSPS) is 23.9. The number of hydrogen-bond acceptors (Lipinski definition) is 1. The summed E-state index contributed by atoms with van der Waals surface area (Å²) >= 11 is 0. The molecule has 0 saturated heterocycles. The van der Waals surface area contributed by atoms with E-state index < -0.39 is 0 Å². The Bertz CT molecular complexity index is 421. The van der Waals surface area contributed by atoms with Gasteiger partial charge in [-0.1, -0.05) is 36.6 Å². The zero-order valence-electron chi connectivity index (χ0n) is 10.9. The monoisotopic (exact) mass is 255 g/mol. The van der Waals surface area contributed by atoms with Crippen LogP contribution in [0.2, 0.25) is 11.6 Å². The van der Waals surface area contributed by atoms with Gasteiger partial charge in [0.1, 0.15) is 0 Å². The minimum Gasteiger partial charge on any atom is -0.192 e.